The quantitative estimate of drug-likeness (QED) is 0.750. The number of nitrogens with one attached hydrogen (secondary N) is 1. The van der Waals surface area contributed by atoms with Crippen molar-refractivity contribution < 1.29 is 9.53 Å². The molecule has 132 valence electrons. The first-order chi connectivity index (χ1) is 11.7. The maximum Gasteiger partial charge on any atom is 0.224 e. The number of carbonyl (C=O) groups is 1. The summed E-state index contributed by atoms with van der Waals surface area (Å²) in [4.78, 5) is 15.5. The Morgan fingerprint density at radius 2 is 1.88 bits per heavy atom. The molecule has 0 spiro atoms. The smallest absolute Gasteiger partial charge is 0.224 e. The highest BCUT2D eigenvalue weighted by atomic mass is 35.5. The van der Waals surface area contributed by atoms with Crippen LogP contribution < -0.4 is 10.1 Å². The van der Waals surface area contributed by atoms with Gasteiger partial charge in [0, 0.05) is 18.3 Å². The number of halogens is 1. The van der Waals surface area contributed by atoms with E-state index < -0.39 is 0 Å². The molecular formula is C19H27ClN2O2. The summed E-state index contributed by atoms with van der Waals surface area (Å²) in [5, 5.41) is 3.20. The fraction of sp³-hybridized carbons (Fsp3) is 0.368. The average Bonchev–Trinajstić information content (AvgIpc) is 2.65. The molecule has 0 saturated carbocycles. The first-order valence-corrected chi connectivity index (χ1v) is 8.69. The van der Waals surface area contributed by atoms with Gasteiger partial charge in [-0.2, -0.15) is 0 Å². The summed E-state index contributed by atoms with van der Waals surface area (Å²) >= 11 is 6.13. The highest BCUT2D eigenvalue weighted by Gasteiger charge is 2.05. The lowest BCUT2D eigenvalue weighted by atomic mass is 10.3. The molecule has 1 amide bonds. The molecule has 0 aliphatic carbocycles. The van der Waals surface area contributed by atoms with Crippen LogP contribution in [0.4, 0.5) is 5.69 Å². The molecule has 1 heterocycles. The standard InChI is InChI=1S/C15H15ClN2O2.2C2H6/c1-2-15(19)18-11-6-7-14(13(16)9-11)20-10-12-5-3-4-8-17-12;2*1-2/h3-9H,2,10H2,1H3,(H,18,19);2*1-2H3. The second-order valence-electron chi connectivity index (χ2n) is 4.16. The SMILES string of the molecule is CC.CC.CCC(=O)Nc1ccc(OCc2ccccn2)c(Cl)c1. The average molecular weight is 351 g/mol. The third kappa shape index (κ3) is 7.97. The van der Waals surface area contributed by atoms with Crippen molar-refractivity contribution in [1.82, 2.24) is 4.98 Å². The van der Waals surface area contributed by atoms with Gasteiger partial charge in [0.2, 0.25) is 5.91 Å². The van der Waals surface area contributed by atoms with Crippen LogP contribution in [0, 0.1) is 0 Å². The topological polar surface area (TPSA) is 51.2 Å². The van der Waals surface area contributed by atoms with E-state index >= 15 is 0 Å². The van der Waals surface area contributed by atoms with E-state index in [4.69, 9.17) is 16.3 Å². The van der Waals surface area contributed by atoms with Gasteiger partial charge in [0.1, 0.15) is 12.4 Å². The van der Waals surface area contributed by atoms with Gasteiger partial charge in [-0.15, -0.1) is 0 Å². The van der Waals surface area contributed by atoms with Crippen LogP contribution in [0.25, 0.3) is 0 Å². The summed E-state index contributed by atoms with van der Waals surface area (Å²) in [5.74, 6) is 0.509. The van der Waals surface area contributed by atoms with E-state index in [0.717, 1.165) is 5.69 Å². The number of hydrogen-bond donors (Lipinski definition) is 1. The fourth-order valence-electron chi connectivity index (χ4n) is 1.58. The maximum atomic E-state index is 11.3. The summed E-state index contributed by atoms with van der Waals surface area (Å²) in [5.41, 5.74) is 1.49. The van der Waals surface area contributed by atoms with Crippen molar-refractivity contribution in [3.63, 3.8) is 0 Å². The minimum atomic E-state index is -0.0526. The summed E-state index contributed by atoms with van der Waals surface area (Å²) in [6, 6.07) is 10.8. The molecule has 0 atom stereocenters. The molecule has 1 aromatic carbocycles. The van der Waals surface area contributed by atoms with Gasteiger partial charge in [-0.3, -0.25) is 9.78 Å². The largest absolute Gasteiger partial charge is 0.486 e. The zero-order valence-electron chi connectivity index (χ0n) is 15.1. The Kier molecular flexibility index (Phi) is 12.2. The van der Waals surface area contributed by atoms with Gasteiger partial charge in [-0.1, -0.05) is 52.3 Å². The number of benzene rings is 1. The molecule has 0 radical (unpaired) electrons. The number of ether oxygens (including phenoxy) is 1. The van der Waals surface area contributed by atoms with Crippen LogP contribution in [0.3, 0.4) is 0 Å². The molecule has 4 nitrogen and oxygen atoms in total. The van der Waals surface area contributed by atoms with E-state index in [2.05, 4.69) is 10.3 Å². The Bertz CT molecular complexity index is 589. The van der Waals surface area contributed by atoms with Crippen LogP contribution in [-0.4, -0.2) is 10.9 Å². The molecule has 2 aromatic rings. The zero-order valence-corrected chi connectivity index (χ0v) is 15.9. The summed E-state index contributed by atoms with van der Waals surface area (Å²) in [6.45, 7) is 10.1. The summed E-state index contributed by atoms with van der Waals surface area (Å²) in [6.07, 6.45) is 2.14. The van der Waals surface area contributed by atoms with Crippen LogP contribution >= 0.6 is 11.6 Å². The lowest BCUT2D eigenvalue weighted by Crippen LogP contribution is -2.09. The second-order valence-corrected chi connectivity index (χ2v) is 4.56. The van der Waals surface area contributed by atoms with E-state index in [0.29, 0.717) is 29.5 Å². The number of carbonyl (C=O) groups excluding carboxylic acids is 1. The van der Waals surface area contributed by atoms with Crippen molar-refractivity contribution in [3.8, 4) is 5.75 Å². The number of hydrogen-bond acceptors (Lipinski definition) is 3. The Balaban J connectivity index is 0.00000123. The van der Waals surface area contributed by atoms with Gasteiger partial charge in [0.15, 0.2) is 0 Å². The van der Waals surface area contributed by atoms with Gasteiger partial charge < -0.3 is 10.1 Å². The molecule has 0 bridgehead atoms. The Morgan fingerprint density at radius 1 is 1.17 bits per heavy atom. The number of pyridine rings is 1. The number of rotatable bonds is 5. The zero-order chi connectivity index (χ0) is 18.4. The first-order valence-electron chi connectivity index (χ1n) is 8.31. The third-order valence-corrected chi connectivity index (χ3v) is 2.93. The van der Waals surface area contributed by atoms with Gasteiger partial charge in [0.25, 0.3) is 0 Å². The van der Waals surface area contributed by atoms with Crippen molar-refractivity contribution >= 4 is 23.2 Å². The van der Waals surface area contributed by atoms with Gasteiger partial charge in [-0.05, 0) is 30.3 Å². The van der Waals surface area contributed by atoms with Crippen molar-refractivity contribution in [2.75, 3.05) is 5.32 Å². The summed E-state index contributed by atoms with van der Waals surface area (Å²) in [7, 11) is 0. The molecule has 2 rings (SSSR count). The van der Waals surface area contributed by atoms with E-state index in [1.165, 1.54) is 0 Å². The van der Waals surface area contributed by atoms with E-state index in [9.17, 15) is 4.79 Å². The van der Waals surface area contributed by atoms with Gasteiger partial charge in [-0.25, -0.2) is 0 Å². The predicted octanol–water partition coefficient (Wildman–Crippen LogP) is 5.71. The van der Waals surface area contributed by atoms with Crippen molar-refractivity contribution in [2.24, 2.45) is 0 Å². The monoisotopic (exact) mass is 350 g/mol. The van der Waals surface area contributed by atoms with Crippen LogP contribution in [0.1, 0.15) is 46.7 Å². The second kappa shape index (κ2) is 13.4. The summed E-state index contributed by atoms with van der Waals surface area (Å²) < 4.78 is 5.60. The molecule has 0 unspecified atom stereocenters. The number of nitrogens with zero attached hydrogens (tertiary/aromatic N) is 1. The van der Waals surface area contributed by atoms with E-state index in [-0.39, 0.29) is 5.91 Å². The molecule has 0 aliphatic heterocycles. The van der Waals surface area contributed by atoms with E-state index in [1.807, 2.05) is 45.9 Å². The number of aromatic nitrogens is 1. The predicted molar refractivity (Wildman–Crippen MR) is 102 cm³/mol. The highest BCUT2D eigenvalue weighted by molar-refractivity contribution is 6.32. The number of anilines is 1. The first kappa shape index (κ1) is 21.9. The van der Waals surface area contributed by atoms with Crippen LogP contribution in [0.15, 0.2) is 42.6 Å². The molecule has 1 N–H and O–H groups in total. The van der Waals surface area contributed by atoms with Gasteiger partial charge in [0.05, 0.1) is 10.7 Å². The molecule has 5 heteroatoms. The number of amides is 1. The van der Waals surface area contributed by atoms with Crippen LogP contribution in [0.5, 0.6) is 5.75 Å². The normalized spacial score (nSPS) is 8.92. The van der Waals surface area contributed by atoms with E-state index in [1.54, 1.807) is 31.3 Å². The third-order valence-electron chi connectivity index (χ3n) is 2.64. The lowest BCUT2D eigenvalue weighted by molar-refractivity contribution is -0.115. The molecule has 1 aromatic heterocycles. The minimum absolute atomic E-state index is 0.0526. The van der Waals surface area contributed by atoms with Crippen LogP contribution in [-0.2, 0) is 11.4 Å². The fourth-order valence-corrected chi connectivity index (χ4v) is 1.82. The molecule has 0 saturated heterocycles. The van der Waals surface area contributed by atoms with Crippen molar-refractivity contribution in [3.05, 3.63) is 53.3 Å². The Morgan fingerprint density at radius 3 is 2.42 bits per heavy atom. The minimum Gasteiger partial charge on any atom is -0.486 e. The maximum absolute atomic E-state index is 11.3. The molecule has 0 fully saturated rings. The van der Waals surface area contributed by atoms with Crippen molar-refractivity contribution in [1.29, 1.82) is 0 Å². The Hall–Kier alpha value is -2.07. The lowest BCUT2D eigenvalue weighted by Gasteiger charge is -2.09. The van der Waals surface area contributed by atoms with Gasteiger partial charge >= 0.3 is 0 Å². The Labute approximate surface area is 150 Å². The molecule has 0 aliphatic rings. The van der Waals surface area contributed by atoms with Crippen molar-refractivity contribution in [2.45, 2.75) is 47.6 Å². The molecular weight excluding hydrogens is 324 g/mol. The molecule has 24 heavy (non-hydrogen) atoms. The highest BCUT2D eigenvalue weighted by Crippen LogP contribution is 2.28. The van der Waals surface area contributed by atoms with Crippen LogP contribution in [0.2, 0.25) is 5.02 Å².